The molecule has 2 fully saturated rings. The van der Waals surface area contributed by atoms with E-state index in [0.717, 1.165) is 0 Å². The van der Waals surface area contributed by atoms with E-state index in [2.05, 4.69) is 5.32 Å². The molecular weight excluding hydrogens is 302 g/mol. The average Bonchev–Trinajstić information content (AvgIpc) is 2.51. The van der Waals surface area contributed by atoms with Gasteiger partial charge in [0.1, 0.15) is 30.5 Å². The SMILES string of the molecule is OC[C@@H]1O[C@H](OC[C@@H]2NC[C@H](O)[C@H](O)[C@H]2O)[C@@H](O)[C@H](O)[C@H]1O. The molecule has 0 radical (unpaired) electrons. The number of hydrogen-bond acceptors (Lipinski definition) is 10. The summed E-state index contributed by atoms with van der Waals surface area (Å²) in [5, 5.41) is 69.7. The molecular formula is C12H23NO9. The summed E-state index contributed by atoms with van der Waals surface area (Å²) < 4.78 is 10.4. The summed E-state index contributed by atoms with van der Waals surface area (Å²) in [7, 11) is 0. The second-order valence-corrected chi connectivity index (χ2v) is 5.59. The van der Waals surface area contributed by atoms with E-state index in [1.807, 2.05) is 0 Å². The molecule has 0 spiro atoms. The first kappa shape index (κ1) is 17.9. The van der Waals surface area contributed by atoms with Crippen molar-refractivity contribution in [3.05, 3.63) is 0 Å². The van der Waals surface area contributed by atoms with Gasteiger partial charge in [-0.05, 0) is 0 Å². The number of hydrogen-bond donors (Lipinski definition) is 8. The molecule has 10 heteroatoms. The van der Waals surface area contributed by atoms with Crippen LogP contribution in [-0.4, -0.2) is 111 Å². The first-order valence-corrected chi connectivity index (χ1v) is 7.06. The third-order valence-corrected chi connectivity index (χ3v) is 4.03. The Hall–Kier alpha value is -0.400. The molecule has 0 aromatic heterocycles. The van der Waals surface area contributed by atoms with Gasteiger partial charge >= 0.3 is 0 Å². The minimum absolute atomic E-state index is 0.0565. The maximum atomic E-state index is 9.81. The van der Waals surface area contributed by atoms with Crippen LogP contribution in [0.4, 0.5) is 0 Å². The summed E-state index contributed by atoms with van der Waals surface area (Å²) in [6.45, 7) is -0.700. The van der Waals surface area contributed by atoms with E-state index in [1.165, 1.54) is 0 Å². The Balaban J connectivity index is 1.90. The van der Waals surface area contributed by atoms with Crippen molar-refractivity contribution >= 4 is 0 Å². The van der Waals surface area contributed by atoms with Crippen molar-refractivity contribution in [2.75, 3.05) is 19.8 Å². The molecule has 9 atom stereocenters. The van der Waals surface area contributed by atoms with Crippen molar-refractivity contribution < 1.29 is 45.2 Å². The van der Waals surface area contributed by atoms with Crippen LogP contribution in [-0.2, 0) is 9.47 Å². The quantitative estimate of drug-likeness (QED) is 0.250. The summed E-state index contributed by atoms with van der Waals surface area (Å²) in [4.78, 5) is 0. The van der Waals surface area contributed by atoms with Crippen LogP contribution < -0.4 is 5.32 Å². The molecule has 0 saturated carbocycles. The lowest BCUT2D eigenvalue weighted by Gasteiger charge is -2.41. The van der Waals surface area contributed by atoms with Crippen molar-refractivity contribution in [3.63, 3.8) is 0 Å². The van der Waals surface area contributed by atoms with Gasteiger partial charge in [0.2, 0.25) is 0 Å². The number of β-amino-alcohol motifs (C(OH)–C–C–N with tert-alkyl or cyclic N) is 1. The maximum absolute atomic E-state index is 9.81. The van der Waals surface area contributed by atoms with E-state index in [4.69, 9.17) is 14.6 Å². The smallest absolute Gasteiger partial charge is 0.186 e. The largest absolute Gasteiger partial charge is 0.394 e. The summed E-state index contributed by atoms with van der Waals surface area (Å²) in [6.07, 6.45) is -10.7. The Morgan fingerprint density at radius 1 is 0.909 bits per heavy atom. The van der Waals surface area contributed by atoms with Crippen LogP contribution in [0.15, 0.2) is 0 Å². The molecule has 0 bridgehead atoms. The van der Waals surface area contributed by atoms with Crippen molar-refractivity contribution in [1.82, 2.24) is 5.32 Å². The van der Waals surface area contributed by atoms with Gasteiger partial charge in [0.15, 0.2) is 6.29 Å². The molecule has 10 nitrogen and oxygen atoms in total. The van der Waals surface area contributed by atoms with Crippen LogP contribution in [0.2, 0.25) is 0 Å². The van der Waals surface area contributed by atoms with Crippen molar-refractivity contribution in [1.29, 1.82) is 0 Å². The summed E-state index contributed by atoms with van der Waals surface area (Å²) >= 11 is 0. The van der Waals surface area contributed by atoms with E-state index in [1.54, 1.807) is 0 Å². The molecule has 0 unspecified atom stereocenters. The van der Waals surface area contributed by atoms with Gasteiger partial charge in [-0.25, -0.2) is 0 Å². The lowest BCUT2D eigenvalue weighted by molar-refractivity contribution is -0.303. The number of nitrogens with one attached hydrogen (secondary N) is 1. The van der Waals surface area contributed by atoms with Gasteiger partial charge in [-0.2, -0.15) is 0 Å². The van der Waals surface area contributed by atoms with Crippen LogP contribution in [0.3, 0.4) is 0 Å². The van der Waals surface area contributed by atoms with Gasteiger partial charge in [-0.3, -0.25) is 0 Å². The van der Waals surface area contributed by atoms with Crippen LogP contribution in [0.25, 0.3) is 0 Å². The lowest BCUT2D eigenvalue weighted by atomic mass is 9.96. The predicted molar refractivity (Wildman–Crippen MR) is 69.5 cm³/mol. The zero-order chi connectivity index (χ0) is 16.4. The van der Waals surface area contributed by atoms with E-state index in [-0.39, 0.29) is 13.2 Å². The van der Waals surface area contributed by atoms with Crippen molar-refractivity contribution in [2.24, 2.45) is 0 Å². The Kier molecular flexibility index (Phi) is 6.07. The van der Waals surface area contributed by atoms with Crippen LogP contribution >= 0.6 is 0 Å². The first-order valence-electron chi connectivity index (χ1n) is 7.06. The summed E-state index contributed by atoms with van der Waals surface area (Å²) in [5.41, 5.74) is 0. The van der Waals surface area contributed by atoms with Gasteiger partial charge in [0, 0.05) is 6.54 Å². The number of ether oxygens (including phenoxy) is 2. The van der Waals surface area contributed by atoms with Gasteiger partial charge in [-0.1, -0.05) is 0 Å². The lowest BCUT2D eigenvalue weighted by Crippen LogP contribution is -2.63. The molecule has 2 heterocycles. The molecule has 0 aromatic rings. The summed E-state index contributed by atoms with van der Waals surface area (Å²) in [6, 6.07) is -0.717. The Bertz CT molecular complexity index is 357. The van der Waals surface area contributed by atoms with Gasteiger partial charge < -0.3 is 50.5 Å². The van der Waals surface area contributed by atoms with Gasteiger partial charge in [0.25, 0.3) is 0 Å². The zero-order valence-corrected chi connectivity index (χ0v) is 11.8. The molecule has 2 saturated heterocycles. The second-order valence-electron chi connectivity index (χ2n) is 5.59. The highest BCUT2D eigenvalue weighted by Gasteiger charge is 2.45. The Morgan fingerprint density at radius 2 is 1.59 bits per heavy atom. The molecule has 0 aromatic carbocycles. The monoisotopic (exact) mass is 325 g/mol. The highest BCUT2D eigenvalue weighted by Crippen LogP contribution is 2.22. The zero-order valence-electron chi connectivity index (χ0n) is 11.8. The number of aliphatic hydroxyl groups excluding tert-OH is 7. The highest BCUT2D eigenvalue weighted by molar-refractivity contribution is 4.93. The van der Waals surface area contributed by atoms with E-state index in [9.17, 15) is 30.6 Å². The molecule has 2 rings (SSSR count). The molecule has 0 aliphatic carbocycles. The fourth-order valence-corrected chi connectivity index (χ4v) is 2.54. The van der Waals surface area contributed by atoms with Crippen molar-refractivity contribution in [2.45, 2.75) is 55.1 Å². The molecule has 130 valence electrons. The van der Waals surface area contributed by atoms with E-state index in [0.29, 0.717) is 0 Å². The molecule has 2 aliphatic rings. The third kappa shape index (κ3) is 3.57. The van der Waals surface area contributed by atoms with Gasteiger partial charge in [-0.15, -0.1) is 0 Å². The van der Waals surface area contributed by atoms with E-state index < -0.39 is 61.7 Å². The number of rotatable bonds is 4. The normalized spacial score (nSPS) is 50.0. The van der Waals surface area contributed by atoms with Crippen molar-refractivity contribution in [3.8, 4) is 0 Å². The summed E-state index contributed by atoms with van der Waals surface area (Å²) in [5.74, 6) is 0. The topological polar surface area (TPSA) is 172 Å². The predicted octanol–water partition coefficient (Wildman–Crippen LogP) is -5.14. The van der Waals surface area contributed by atoms with Crippen LogP contribution in [0.5, 0.6) is 0 Å². The third-order valence-electron chi connectivity index (χ3n) is 4.03. The fourth-order valence-electron chi connectivity index (χ4n) is 2.54. The standard InChI is InChI=1S/C12H23NO9/c14-2-6-9(18)10(19)11(20)12(22-6)21-3-4-7(16)8(17)5(15)1-13-4/h4-20H,1-3H2/t4-,5-,6-,7-,8-,9-,10+,11-,12-/m0/s1. The first-order chi connectivity index (χ1) is 10.4. The van der Waals surface area contributed by atoms with Gasteiger partial charge in [0.05, 0.1) is 31.5 Å². The van der Waals surface area contributed by atoms with Crippen LogP contribution in [0, 0.1) is 0 Å². The minimum atomic E-state index is -1.55. The maximum Gasteiger partial charge on any atom is 0.186 e. The Morgan fingerprint density at radius 3 is 2.23 bits per heavy atom. The molecule has 8 N–H and O–H groups in total. The number of piperidine rings is 1. The highest BCUT2D eigenvalue weighted by atomic mass is 16.7. The van der Waals surface area contributed by atoms with E-state index >= 15 is 0 Å². The molecule has 22 heavy (non-hydrogen) atoms. The average molecular weight is 325 g/mol. The molecule has 0 amide bonds. The minimum Gasteiger partial charge on any atom is -0.394 e. The Labute approximate surface area is 126 Å². The fraction of sp³-hybridized carbons (Fsp3) is 1.00. The molecule has 2 aliphatic heterocycles. The second kappa shape index (κ2) is 7.45. The van der Waals surface area contributed by atoms with Crippen LogP contribution in [0.1, 0.15) is 0 Å². The number of aliphatic hydroxyl groups is 7.